The van der Waals surface area contributed by atoms with Crippen molar-refractivity contribution in [3.8, 4) is 5.75 Å². The highest BCUT2D eigenvalue weighted by Gasteiger charge is 2.10. The van der Waals surface area contributed by atoms with Gasteiger partial charge in [-0.15, -0.1) is 0 Å². The minimum atomic E-state index is 0.107. The molecule has 2 aromatic rings. The fourth-order valence-corrected chi connectivity index (χ4v) is 1.94. The lowest BCUT2D eigenvalue weighted by molar-refractivity contribution is 0.302. The number of nitrogens with zero attached hydrogens (tertiary/aromatic N) is 3. The number of hydrogen-bond acceptors (Lipinski definition) is 5. The molecule has 0 fully saturated rings. The minimum absolute atomic E-state index is 0.107. The first-order chi connectivity index (χ1) is 8.80. The van der Waals surface area contributed by atoms with E-state index in [1.807, 2.05) is 30.0 Å². The van der Waals surface area contributed by atoms with E-state index in [9.17, 15) is 0 Å². The predicted molar refractivity (Wildman–Crippen MR) is 71.1 cm³/mol. The maximum Gasteiger partial charge on any atom is 0.139 e. The molecule has 1 aromatic heterocycles. The lowest BCUT2D eigenvalue weighted by atomic mass is 10.2. The van der Waals surface area contributed by atoms with Crippen LogP contribution in [0.2, 0.25) is 0 Å². The number of ether oxygens (including phenoxy) is 1. The van der Waals surface area contributed by atoms with Crippen LogP contribution in [0.15, 0.2) is 24.5 Å². The van der Waals surface area contributed by atoms with Gasteiger partial charge in [0.15, 0.2) is 0 Å². The van der Waals surface area contributed by atoms with Crippen LogP contribution in [0.3, 0.4) is 0 Å². The molecule has 0 aliphatic rings. The molecule has 0 unspecified atom stereocenters. The van der Waals surface area contributed by atoms with Crippen molar-refractivity contribution in [1.29, 1.82) is 0 Å². The summed E-state index contributed by atoms with van der Waals surface area (Å²) in [6, 6.07) is 5.72. The molecule has 96 valence electrons. The lowest BCUT2D eigenvalue weighted by Crippen LogP contribution is -2.27. The maximum absolute atomic E-state index is 9.08. The zero-order valence-electron chi connectivity index (χ0n) is 10.6. The third-order valence-electron chi connectivity index (χ3n) is 2.87. The molecule has 18 heavy (non-hydrogen) atoms. The van der Waals surface area contributed by atoms with E-state index < -0.39 is 0 Å². The molecule has 1 heterocycles. The van der Waals surface area contributed by atoms with Gasteiger partial charge in [0.2, 0.25) is 0 Å². The molecule has 5 heteroatoms. The van der Waals surface area contributed by atoms with E-state index in [0.29, 0.717) is 6.54 Å². The van der Waals surface area contributed by atoms with E-state index in [4.69, 9.17) is 9.84 Å². The number of methoxy groups -OCH3 is 1. The fourth-order valence-electron chi connectivity index (χ4n) is 1.94. The smallest absolute Gasteiger partial charge is 0.139 e. The number of fused-ring (bicyclic) bond motifs is 1. The zero-order chi connectivity index (χ0) is 13.0. The van der Waals surface area contributed by atoms with E-state index in [1.165, 1.54) is 6.33 Å². The Morgan fingerprint density at radius 1 is 1.33 bits per heavy atom. The summed E-state index contributed by atoms with van der Waals surface area (Å²) in [6.45, 7) is 3.50. The highest BCUT2D eigenvalue weighted by atomic mass is 16.5. The Hall–Kier alpha value is -1.88. The number of aliphatic hydroxyl groups excluding tert-OH is 1. The van der Waals surface area contributed by atoms with Crippen LogP contribution in [-0.2, 0) is 0 Å². The Labute approximate surface area is 106 Å². The number of aliphatic hydroxyl groups is 1. The summed E-state index contributed by atoms with van der Waals surface area (Å²) in [7, 11) is 1.63. The summed E-state index contributed by atoms with van der Waals surface area (Å²) in [6.07, 6.45) is 1.54. The zero-order valence-corrected chi connectivity index (χ0v) is 10.6. The molecule has 0 saturated heterocycles. The second-order valence-electron chi connectivity index (χ2n) is 3.88. The normalized spacial score (nSPS) is 10.6. The van der Waals surface area contributed by atoms with Gasteiger partial charge >= 0.3 is 0 Å². The third-order valence-corrected chi connectivity index (χ3v) is 2.87. The third kappa shape index (κ3) is 2.36. The van der Waals surface area contributed by atoms with E-state index in [-0.39, 0.29) is 6.61 Å². The molecule has 2 rings (SSSR count). The minimum Gasteiger partial charge on any atom is -0.497 e. The fraction of sp³-hybridized carbons (Fsp3) is 0.385. The topological polar surface area (TPSA) is 58.5 Å². The predicted octanol–water partition coefficient (Wildman–Crippen LogP) is 1.46. The van der Waals surface area contributed by atoms with Crippen molar-refractivity contribution >= 4 is 16.7 Å². The Balaban J connectivity index is 2.50. The molecule has 0 spiro atoms. The largest absolute Gasteiger partial charge is 0.497 e. The number of hydrogen-bond donors (Lipinski definition) is 1. The number of anilines is 1. The van der Waals surface area contributed by atoms with Gasteiger partial charge in [0, 0.05) is 24.5 Å². The number of aromatic nitrogens is 2. The summed E-state index contributed by atoms with van der Waals surface area (Å²) in [5.41, 5.74) is 0.843. The molecule has 0 bridgehead atoms. The molecule has 0 radical (unpaired) electrons. The molecule has 0 saturated carbocycles. The van der Waals surface area contributed by atoms with Crippen molar-refractivity contribution < 1.29 is 9.84 Å². The molecule has 0 aliphatic heterocycles. The van der Waals surface area contributed by atoms with E-state index in [0.717, 1.165) is 29.0 Å². The van der Waals surface area contributed by atoms with Gasteiger partial charge < -0.3 is 14.7 Å². The van der Waals surface area contributed by atoms with E-state index >= 15 is 0 Å². The van der Waals surface area contributed by atoms with Crippen molar-refractivity contribution in [3.63, 3.8) is 0 Å². The Morgan fingerprint density at radius 2 is 2.17 bits per heavy atom. The van der Waals surface area contributed by atoms with E-state index in [1.54, 1.807) is 7.11 Å². The molecule has 1 N–H and O–H groups in total. The summed E-state index contributed by atoms with van der Waals surface area (Å²) < 4.78 is 5.18. The first-order valence-electron chi connectivity index (χ1n) is 5.94. The molecule has 5 nitrogen and oxygen atoms in total. The van der Waals surface area contributed by atoms with Crippen LogP contribution in [0.5, 0.6) is 5.75 Å². The summed E-state index contributed by atoms with van der Waals surface area (Å²) >= 11 is 0. The summed E-state index contributed by atoms with van der Waals surface area (Å²) in [5, 5.41) is 10.0. The van der Waals surface area contributed by atoms with Crippen LogP contribution in [0, 0.1) is 0 Å². The Kier molecular flexibility index (Phi) is 3.94. The molecular formula is C13H17N3O2. The quantitative estimate of drug-likeness (QED) is 0.866. The van der Waals surface area contributed by atoms with Crippen molar-refractivity contribution in [1.82, 2.24) is 9.97 Å². The van der Waals surface area contributed by atoms with Gasteiger partial charge in [-0.25, -0.2) is 9.97 Å². The number of benzene rings is 1. The lowest BCUT2D eigenvalue weighted by Gasteiger charge is -2.21. The first kappa shape index (κ1) is 12.6. The standard InChI is InChI=1S/C13H17N3O2/c1-3-16(6-7-17)13-11-5-4-10(18-2)8-12(11)14-9-15-13/h4-5,8-9,17H,3,6-7H2,1-2H3. The van der Waals surface area contributed by atoms with Crippen molar-refractivity contribution in [3.05, 3.63) is 24.5 Å². The number of likely N-dealkylation sites (N-methyl/N-ethyl adjacent to an activating group) is 1. The van der Waals surface area contributed by atoms with Crippen LogP contribution < -0.4 is 9.64 Å². The van der Waals surface area contributed by atoms with Gasteiger partial charge in [-0.3, -0.25) is 0 Å². The molecule has 0 atom stereocenters. The highest BCUT2D eigenvalue weighted by molar-refractivity contribution is 5.90. The summed E-state index contributed by atoms with van der Waals surface area (Å²) in [4.78, 5) is 10.6. The van der Waals surface area contributed by atoms with Crippen LogP contribution in [0.4, 0.5) is 5.82 Å². The second-order valence-corrected chi connectivity index (χ2v) is 3.88. The van der Waals surface area contributed by atoms with Gasteiger partial charge in [0.25, 0.3) is 0 Å². The van der Waals surface area contributed by atoms with Gasteiger partial charge in [-0.2, -0.15) is 0 Å². The van der Waals surface area contributed by atoms with E-state index in [2.05, 4.69) is 9.97 Å². The van der Waals surface area contributed by atoms with Gasteiger partial charge in [0.05, 0.1) is 19.2 Å². The Morgan fingerprint density at radius 3 is 2.83 bits per heavy atom. The summed E-state index contributed by atoms with van der Waals surface area (Å²) in [5.74, 6) is 1.62. The van der Waals surface area contributed by atoms with Crippen LogP contribution >= 0.6 is 0 Å². The van der Waals surface area contributed by atoms with Crippen molar-refractivity contribution in [2.75, 3.05) is 31.7 Å². The highest BCUT2D eigenvalue weighted by Crippen LogP contribution is 2.25. The second kappa shape index (κ2) is 5.64. The maximum atomic E-state index is 9.08. The van der Waals surface area contributed by atoms with Crippen molar-refractivity contribution in [2.24, 2.45) is 0 Å². The molecular weight excluding hydrogens is 230 g/mol. The van der Waals surface area contributed by atoms with Crippen LogP contribution in [-0.4, -0.2) is 41.9 Å². The van der Waals surface area contributed by atoms with Crippen molar-refractivity contribution in [2.45, 2.75) is 6.92 Å². The monoisotopic (exact) mass is 247 g/mol. The van der Waals surface area contributed by atoms with Gasteiger partial charge in [0.1, 0.15) is 17.9 Å². The first-order valence-corrected chi connectivity index (χ1v) is 5.94. The molecule has 0 aliphatic carbocycles. The van der Waals surface area contributed by atoms with Crippen LogP contribution in [0.25, 0.3) is 10.9 Å². The average Bonchev–Trinajstić information content (AvgIpc) is 2.43. The van der Waals surface area contributed by atoms with Gasteiger partial charge in [-0.05, 0) is 19.1 Å². The SMILES string of the molecule is CCN(CCO)c1ncnc2cc(OC)ccc12. The van der Waals surface area contributed by atoms with Gasteiger partial charge in [-0.1, -0.05) is 0 Å². The van der Waals surface area contributed by atoms with Crippen LogP contribution in [0.1, 0.15) is 6.92 Å². The number of rotatable bonds is 5. The molecule has 0 amide bonds. The average molecular weight is 247 g/mol. The Bertz CT molecular complexity index is 531. The molecule has 1 aromatic carbocycles.